The molecule has 3 heterocycles. The molecule has 0 aliphatic carbocycles. The molecule has 0 bridgehead atoms. The maximum absolute atomic E-state index is 12.5. The molecule has 0 saturated carbocycles. The molecular formula is C20H26N4O. The number of rotatable bonds is 4. The zero-order valence-corrected chi connectivity index (χ0v) is 14.9. The zero-order chi connectivity index (χ0) is 17.2. The van der Waals surface area contributed by atoms with Gasteiger partial charge in [-0.25, -0.2) is 4.68 Å². The summed E-state index contributed by atoms with van der Waals surface area (Å²) in [6.07, 6.45) is 5.21. The average Bonchev–Trinajstić information content (AvgIpc) is 2.54. The van der Waals surface area contributed by atoms with Crippen LogP contribution in [0.5, 0.6) is 0 Å². The largest absolute Gasteiger partial charge is 0.370 e. The highest BCUT2D eigenvalue weighted by Crippen LogP contribution is 2.23. The standard InChI is InChI=1S/C20H26N4O/c1-16-5-2-6-17(11-16)14-22-8-3-7-18(15-22)24-20(25)12-19(13-21-24)23-9-4-10-23/h2,5-6,11-13,18H,3-4,7-10,14-15H2,1H3. The number of nitrogens with zero attached hydrogens (tertiary/aromatic N) is 4. The summed E-state index contributed by atoms with van der Waals surface area (Å²) in [6.45, 7) is 7.14. The van der Waals surface area contributed by atoms with E-state index in [0.29, 0.717) is 0 Å². The first-order valence-corrected chi connectivity index (χ1v) is 9.31. The lowest BCUT2D eigenvalue weighted by atomic mass is 10.0. The van der Waals surface area contributed by atoms with Crippen LogP contribution in [0.3, 0.4) is 0 Å². The quantitative estimate of drug-likeness (QED) is 0.859. The Hall–Kier alpha value is -2.14. The van der Waals surface area contributed by atoms with Gasteiger partial charge in [0.15, 0.2) is 0 Å². The van der Waals surface area contributed by atoms with E-state index in [2.05, 4.69) is 46.1 Å². The zero-order valence-electron chi connectivity index (χ0n) is 14.9. The van der Waals surface area contributed by atoms with Gasteiger partial charge in [0.2, 0.25) is 0 Å². The second kappa shape index (κ2) is 7.00. The number of aromatic nitrogens is 2. The fraction of sp³-hybridized carbons (Fsp3) is 0.500. The summed E-state index contributed by atoms with van der Waals surface area (Å²) < 4.78 is 1.70. The number of benzene rings is 1. The van der Waals surface area contributed by atoms with Crippen molar-refractivity contribution < 1.29 is 0 Å². The molecule has 2 fully saturated rings. The van der Waals surface area contributed by atoms with Crippen molar-refractivity contribution in [3.63, 3.8) is 0 Å². The van der Waals surface area contributed by atoms with Crippen molar-refractivity contribution in [2.24, 2.45) is 0 Å². The van der Waals surface area contributed by atoms with Crippen molar-refractivity contribution in [3.05, 3.63) is 58.0 Å². The number of hydrogen-bond donors (Lipinski definition) is 0. The van der Waals surface area contributed by atoms with Gasteiger partial charge in [-0.05, 0) is 38.3 Å². The molecule has 1 aromatic heterocycles. The van der Waals surface area contributed by atoms with Crippen molar-refractivity contribution >= 4 is 5.69 Å². The van der Waals surface area contributed by atoms with Crippen molar-refractivity contribution in [1.82, 2.24) is 14.7 Å². The first-order chi connectivity index (χ1) is 12.2. The Labute approximate surface area is 148 Å². The van der Waals surface area contributed by atoms with Crippen molar-refractivity contribution in [1.29, 1.82) is 0 Å². The predicted octanol–water partition coefficient (Wildman–Crippen LogP) is 2.60. The maximum Gasteiger partial charge on any atom is 0.269 e. The van der Waals surface area contributed by atoms with Crippen LogP contribution in [0.1, 0.15) is 36.4 Å². The van der Waals surface area contributed by atoms with Gasteiger partial charge in [0, 0.05) is 32.2 Å². The predicted molar refractivity (Wildman–Crippen MR) is 100 cm³/mol. The third kappa shape index (κ3) is 3.61. The third-order valence-corrected chi connectivity index (χ3v) is 5.35. The van der Waals surface area contributed by atoms with Crippen molar-refractivity contribution in [2.45, 2.75) is 38.8 Å². The smallest absolute Gasteiger partial charge is 0.269 e. The second-order valence-corrected chi connectivity index (χ2v) is 7.36. The fourth-order valence-corrected chi connectivity index (χ4v) is 3.87. The van der Waals surface area contributed by atoms with Crippen LogP contribution in [0.2, 0.25) is 0 Å². The molecule has 5 heteroatoms. The van der Waals surface area contributed by atoms with Crippen LogP contribution in [-0.2, 0) is 6.54 Å². The van der Waals surface area contributed by atoms with Gasteiger partial charge >= 0.3 is 0 Å². The van der Waals surface area contributed by atoms with E-state index >= 15 is 0 Å². The molecule has 4 rings (SSSR count). The summed E-state index contributed by atoms with van der Waals surface area (Å²) in [5, 5.41) is 4.50. The lowest BCUT2D eigenvalue weighted by Crippen LogP contribution is -2.41. The fourth-order valence-electron chi connectivity index (χ4n) is 3.87. The number of hydrogen-bond acceptors (Lipinski definition) is 4. The van der Waals surface area contributed by atoms with E-state index in [1.807, 2.05) is 6.20 Å². The van der Waals surface area contributed by atoms with Gasteiger partial charge in [0.25, 0.3) is 5.56 Å². The van der Waals surface area contributed by atoms with E-state index in [-0.39, 0.29) is 11.6 Å². The first-order valence-electron chi connectivity index (χ1n) is 9.31. The van der Waals surface area contributed by atoms with Crippen LogP contribution in [0.4, 0.5) is 5.69 Å². The molecular weight excluding hydrogens is 312 g/mol. The molecule has 0 N–H and O–H groups in total. The highest BCUT2D eigenvalue weighted by molar-refractivity contribution is 5.44. The van der Waals surface area contributed by atoms with Crippen LogP contribution in [-0.4, -0.2) is 40.9 Å². The molecule has 0 amide bonds. The average molecular weight is 338 g/mol. The summed E-state index contributed by atoms with van der Waals surface area (Å²) in [7, 11) is 0. The monoisotopic (exact) mass is 338 g/mol. The van der Waals surface area contributed by atoms with Gasteiger partial charge in [0.05, 0.1) is 17.9 Å². The molecule has 2 aliphatic rings. The third-order valence-electron chi connectivity index (χ3n) is 5.35. The highest BCUT2D eigenvalue weighted by Gasteiger charge is 2.24. The normalized spacial score (nSPS) is 21.2. The van der Waals surface area contributed by atoms with E-state index in [4.69, 9.17) is 0 Å². The molecule has 2 aliphatic heterocycles. The molecule has 1 aromatic carbocycles. The summed E-state index contributed by atoms with van der Waals surface area (Å²) in [5.41, 5.74) is 3.64. The SMILES string of the molecule is Cc1cccc(CN2CCCC(n3ncc(N4CCC4)cc3=O)C2)c1. The van der Waals surface area contributed by atoms with Gasteiger partial charge in [0.1, 0.15) is 0 Å². The van der Waals surface area contributed by atoms with Gasteiger partial charge in [-0.3, -0.25) is 9.69 Å². The Morgan fingerprint density at radius 3 is 2.76 bits per heavy atom. The Bertz CT molecular complexity index is 796. The first kappa shape index (κ1) is 16.3. The topological polar surface area (TPSA) is 41.4 Å². The van der Waals surface area contributed by atoms with Gasteiger partial charge in [-0.15, -0.1) is 0 Å². The highest BCUT2D eigenvalue weighted by atomic mass is 16.1. The maximum atomic E-state index is 12.5. The lowest BCUT2D eigenvalue weighted by Gasteiger charge is -2.34. The molecule has 2 aromatic rings. The van der Waals surface area contributed by atoms with Gasteiger partial charge < -0.3 is 4.90 Å². The molecule has 25 heavy (non-hydrogen) atoms. The Kier molecular flexibility index (Phi) is 4.57. The molecule has 2 saturated heterocycles. The van der Waals surface area contributed by atoms with Gasteiger partial charge in [-0.2, -0.15) is 5.10 Å². The minimum Gasteiger partial charge on any atom is -0.370 e. The molecule has 5 nitrogen and oxygen atoms in total. The number of aryl methyl sites for hydroxylation is 1. The van der Waals surface area contributed by atoms with Crippen molar-refractivity contribution in [3.8, 4) is 0 Å². The van der Waals surface area contributed by atoms with E-state index in [9.17, 15) is 4.79 Å². The lowest BCUT2D eigenvalue weighted by molar-refractivity contribution is 0.160. The van der Waals surface area contributed by atoms with Crippen molar-refractivity contribution in [2.75, 3.05) is 31.1 Å². The minimum atomic E-state index is 0.0341. The molecule has 132 valence electrons. The summed E-state index contributed by atoms with van der Waals surface area (Å²) >= 11 is 0. The second-order valence-electron chi connectivity index (χ2n) is 7.36. The number of piperidine rings is 1. The van der Waals surface area contributed by atoms with E-state index in [1.54, 1.807) is 10.7 Å². The van der Waals surface area contributed by atoms with Crippen LogP contribution >= 0.6 is 0 Å². The molecule has 1 atom stereocenters. The van der Waals surface area contributed by atoms with E-state index in [0.717, 1.165) is 51.3 Å². The Morgan fingerprint density at radius 1 is 1.16 bits per heavy atom. The molecule has 0 spiro atoms. The Balaban J connectivity index is 1.46. The molecule has 0 radical (unpaired) electrons. The number of anilines is 1. The van der Waals surface area contributed by atoms with E-state index < -0.39 is 0 Å². The molecule has 1 unspecified atom stereocenters. The Morgan fingerprint density at radius 2 is 2.04 bits per heavy atom. The minimum absolute atomic E-state index is 0.0341. The van der Waals surface area contributed by atoms with Crippen LogP contribution in [0.15, 0.2) is 41.3 Å². The van der Waals surface area contributed by atoms with Gasteiger partial charge in [-0.1, -0.05) is 29.8 Å². The van der Waals surface area contributed by atoms with E-state index in [1.165, 1.54) is 17.5 Å². The number of likely N-dealkylation sites (tertiary alicyclic amines) is 1. The summed E-state index contributed by atoms with van der Waals surface area (Å²) in [4.78, 5) is 17.2. The van der Waals surface area contributed by atoms with Crippen LogP contribution in [0.25, 0.3) is 0 Å². The summed E-state index contributed by atoms with van der Waals surface area (Å²) in [6, 6.07) is 10.6. The van der Waals surface area contributed by atoms with Crippen LogP contribution < -0.4 is 10.5 Å². The summed E-state index contributed by atoms with van der Waals surface area (Å²) in [5.74, 6) is 0. The van der Waals surface area contributed by atoms with Crippen LogP contribution in [0, 0.1) is 6.92 Å².